The van der Waals surface area contributed by atoms with Crippen molar-refractivity contribution < 1.29 is 9.53 Å². The van der Waals surface area contributed by atoms with Crippen LogP contribution in [0.4, 0.5) is 5.69 Å². The molecule has 0 aliphatic rings. The SMILES string of the molecule is COc1ccc(/C=C/C(=O)NCc2ccc(N(C)C)cc2)cc1. The average Bonchev–Trinajstić information content (AvgIpc) is 2.59. The van der Waals surface area contributed by atoms with Gasteiger partial charge in [-0.1, -0.05) is 24.3 Å². The third-order valence-corrected chi connectivity index (χ3v) is 3.46. The van der Waals surface area contributed by atoms with Crippen molar-refractivity contribution in [3.63, 3.8) is 0 Å². The highest BCUT2D eigenvalue weighted by Gasteiger charge is 1.99. The van der Waals surface area contributed by atoms with Crippen LogP contribution in [0, 0.1) is 0 Å². The molecule has 120 valence electrons. The number of carbonyl (C=O) groups excluding carboxylic acids is 1. The van der Waals surface area contributed by atoms with Crippen molar-refractivity contribution in [2.75, 3.05) is 26.1 Å². The zero-order valence-corrected chi connectivity index (χ0v) is 13.7. The summed E-state index contributed by atoms with van der Waals surface area (Å²) < 4.78 is 5.10. The van der Waals surface area contributed by atoms with Crippen LogP contribution in [-0.4, -0.2) is 27.1 Å². The van der Waals surface area contributed by atoms with Gasteiger partial charge in [0.05, 0.1) is 7.11 Å². The summed E-state index contributed by atoms with van der Waals surface area (Å²) in [5.74, 6) is 0.685. The van der Waals surface area contributed by atoms with Gasteiger partial charge in [0.25, 0.3) is 0 Å². The first kappa shape index (κ1) is 16.6. The van der Waals surface area contributed by atoms with Gasteiger partial charge in [0.2, 0.25) is 5.91 Å². The van der Waals surface area contributed by atoms with Crippen molar-refractivity contribution in [1.29, 1.82) is 0 Å². The lowest BCUT2D eigenvalue weighted by atomic mass is 10.2. The minimum Gasteiger partial charge on any atom is -0.497 e. The van der Waals surface area contributed by atoms with E-state index in [1.165, 1.54) is 6.08 Å². The third-order valence-electron chi connectivity index (χ3n) is 3.46. The summed E-state index contributed by atoms with van der Waals surface area (Å²) in [4.78, 5) is 13.9. The summed E-state index contributed by atoms with van der Waals surface area (Å²) in [5, 5.41) is 2.88. The number of methoxy groups -OCH3 is 1. The molecule has 4 heteroatoms. The normalized spacial score (nSPS) is 10.6. The molecule has 0 bridgehead atoms. The van der Waals surface area contributed by atoms with Crippen molar-refractivity contribution in [1.82, 2.24) is 5.32 Å². The Morgan fingerprint density at radius 3 is 2.30 bits per heavy atom. The first-order chi connectivity index (χ1) is 11.1. The number of carbonyl (C=O) groups is 1. The number of nitrogens with zero attached hydrogens (tertiary/aromatic N) is 1. The maximum absolute atomic E-state index is 11.9. The predicted molar refractivity (Wildman–Crippen MR) is 94.6 cm³/mol. The molecule has 1 amide bonds. The molecule has 0 radical (unpaired) electrons. The smallest absolute Gasteiger partial charge is 0.244 e. The highest BCUT2D eigenvalue weighted by atomic mass is 16.5. The fourth-order valence-corrected chi connectivity index (χ4v) is 2.05. The number of anilines is 1. The Balaban J connectivity index is 1.85. The van der Waals surface area contributed by atoms with Crippen LogP contribution in [0.3, 0.4) is 0 Å². The zero-order valence-electron chi connectivity index (χ0n) is 13.7. The molecule has 23 heavy (non-hydrogen) atoms. The predicted octanol–water partition coefficient (Wildman–Crippen LogP) is 3.09. The first-order valence-corrected chi connectivity index (χ1v) is 7.45. The van der Waals surface area contributed by atoms with Crippen molar-refractivity contribution >= 4 is 17.7 Å². The van der Waals surface area contributed by atoms with Crippen molar-refractivity contribution in [3.8, 4) is 5.75 Å². The van der Waals surface area contributed by atoms with E-state index in [-0.39, 0.29) is 5.91 Å². The van der Waals surface area contributed by atoms with Crippen LogP contribution in [-0.2, 0) is 11.3 Å². The standard InChI is InChI=1S/C19H22N2O2/c1-21(2)17-9-4-16(5-10-17)14-20-19(22)13-8-15-6-11-18(23-3)12-7-15/h4-13H,14H2,1-3H3,(H,20,22)/b13-8+. The average molecular weight is 310 g/mol. The first-order valence-electron chi connectivity index (χ1n) is 7.45. The van der Waals surface area contributed by atoms with Gasteiger partial charge in [0, 0.05) is 32.4 Å². The maximum atomic E-state index is 11.9. The Kier molecular flexibility index (Phi) is 5.80. The van der Waals surface area contributed by atoms with Crippen LogP contribution in [0.5, 0.6) is 5.75 Å². The second-order valence-electron chi connectivity index (χ2n) is 5.39. The number of hydrogen-bond acceptors (Lipinski definition) is 3. The fourth-order valence-electron chi connectivity index (χ4n) is 2.05. The number of ether oxygens (including phenoxy) is 1. The molecule has 4 nitrogen and oxygen atoms in total. The monoisotopic (exact) mass is 310 g/mol. The number of nitrogens with one attached hydrogen (secondary N) is 1. The largest absolute Gasteiger partial charge is 0.497 e. The highest BCUT2D eigenvalue weighted by molar-refractivity contribution is 5.91. The van der Waals surface area contributed by atoms with E-state index < -0.39 is 0 Å². The van der Waals surface area contributed by atoms with Gasteiger partial charge in [-0.05, 0) is 41.5 Å². The van der Waals surface area contributed by atoms with Crippen molar-refractivity contribution in [2.45, 2.75) is 6.54 Å². The van der Waals surface area contributed by atoms with Gasteiger partial charge >= 0.3 is 0 Å². The lowest BCUT2D eigenvalue weighted by Gasteiger charge is -2.12. The van der Waals surface area contributed by atoms with Crippen molar-refractivity contribution in [2.24, 2.45) is 0 Å². The fraction of sp³-hybridized carbons (Fsp3) is 0.211. The van der Waals surface area contributed by atoms with E-state index in [9.17, 15) is 4.79 Å². The number of hydrogen-bond donors (Lipinski definition) is 1. The Hall–Kier alpha value is -2.75. The molecule has 0 spiro atoms. The van der Waals surface area contributed by atoms with E-state index in [1.54, 1.807) is 13.2 Å². The summed E-state index contributed by atoms with van der Waals surface area (Å²) in [6, 6.07) is 15.6. The molecule has 0 aromatic heterocycles. The van der Waals surface area contributed by atoms with Crippen LogP contribution in [0.1, 0.15) is 11.1 Å². The lowest BCUT2D eigenvalue weighted by molar-refractivity contribution is -0.116. The Morgan fingerprint density at radius 2 is 1.74 bits per heavy atom. The van der Waals surface area contributed by atoms with Gasteiger partial charge in [-0.2, -0.15) is 0 Å². The molecule has 1 N–H and O–H groups in total. The minimum atomic E-state index is -0.113. The Morgan fingerprint density at radius 1 is 1.09 bits per heavy atom. The number of rotatable bonds is 6. The zero-order chi connectivity index (χ0) is 16.7. The minimum absolute atomic E-state index is 0.113. The second kappa shape index (κ2) is 8.03. The van der Waals surface area contributed by atoms with Gasteiger partial charge in [-0.25, -0.2) is 0 Å². The number of amides is 1. The van der Waals surface area contributed by atoms with Crippen LogP contribution in [0.2, 0.25) is 0 Å². The molecule has 2 aromatic carbocycles. The molecule has 0 saturated carbocycles. The summed E-state index contributed by atoms with van der Waals surface area (Å²) in [7, 11) is 5.63. The summed E-state index contributed by atoms with van der Waals surface area (Å²) in [5.41, 5.74) is 3.16. The van der Waals surface area contributed by atoms with Crippen LogP contribution >= 0.6 is 0 Å². The van der Waals surface area contributed by atoms with E-state index in [2.05, 4.69) is 5.32 Å². The van der Waals surface area contributed by atoms with E-state index in [4.69, 9.17) is 4.74 Å². The number of benzene rings is 2. The van der Waals surface area contributed by atoms with E-state index in [0.717, 1.165) is 22.6 Å². The van der Waals surface area contributed by atoms with Gasteiger partial charge in [0.15, 0.2) is 0 Å². The van der Waals surface area contributed by atoms with E-state index in [1.807, 2.05) is 67.5 Å². The quantitative estimate of drug-likeness (QED) is 0.834. The molecule has 2 aromatic rings. The molecule has 0 unspecified atom stereocenters. The lowest BCUT2D eigenvalue weighted by Crippen LogP contribution is -2.20. The molecule has 0 heterocycles. The highest BCUT2D eigenvalue weighted by Crippen LogP contribution is 2.13. The second-order valence-corrected chi connectivity index (χ2v) is 5.39. The summed E-state index contributed by atoms with van der Waals surface area (Å²) >= 11 is 0. The van der Waals surface area contributed by atoms with Gasteiger partial charge < -0.3 is 15.0 Å². The van der Waals surface area contributed by atoms with Gasteiger partial charge in [-0.15, -0.1) is 0 Å². The third kappa shape index (κ3) is 5.18. The molecule has 0 atom stereocenters. The molecule has 0 aliphatic carbocycles. The molecule has 2 rings (SSSR count). The van der Waals surface area contributed by atoms with E-state index >= 15 is 0 Å². The molecule has 0 aliphatic heterocycles. The van der Waals surface area contributed by atoms with Gasteiger partial charge in [0.1, 0.15) is 5.75 Å². The van der Waals surface area contributed by atoms with Crippen LogP contribution in [0.15, 0.2) is 54.6 Å². The molecular formula is C19H22N2O2. The molecule has 0 saturated heterocycles. The Labute approximate surface area is 137 Å². The van der Waals surface area contributed by atoms with Crippen LogP contribution in [0.25, 0.3) is 6.08 Å². The summed E-state index contributed by atoms with van der Waals surface area (Å²) in [6.45, 7) is 0.513. The van der Waals surface area contributed by atoms with Crippen LogP contribution < -0.4 is 15.0 Å². The maximum Gasteiger partial charge on any atom is 0.244 e. The summed E-state index contributed by atoms with van der Waals surface area (Å²) in [6.07, 6.45) is 3.32. The Bertz CT molecular complexity index is 659. The van der Waals surface area contributed by atoms with Crippen molar-refractivity contribution in [3.05, 3.63) is 65.7 Å². The molecular weight excluding hydrogens is 288 g/mol. The topological polar surface area (TPSA) is 41.6 Å². The van der Waals surface area contributed by atoms with E-state index in [0.29, 0.717) is 6.54 Å². The van der Waals surface area contributed by atoms with Gasteiger partial charge in [-0.3, -0.25) is 4.79 Å². The molecule has 0 fully saturated rings.